The molecule has 2 nitrogen and oxygen atoms in total. The molecule has 1 N–H and O–H groups in total. The summed E-state index contributed by atoms with van der Waals surface area (Å²) in [5.74, 6) is -0.366. The lowest BCUT2D eigenvalue weighted by Gasteiger charge is -2.01. The van der Waals surface area contributed by atoms with E-state index in [0.717, 1.165) is 0 Å². The van der Waals surface area contributed by atoms with Crippen molar-refractivity contribution in [3.63, 3.8) is 0 Å². The molecule has 1 aromatic carbocycles. The summed E-state index contributed by atoms with van der Waals surface area (Å²) in [6.45, 7) is 3.67. The van der Waals surface area contributed by atoms with Crippen molar-refractivity contribution in [3.8, 4) is 0 Å². The number of rotatable bonds is 2. The van der Waals surface area contributed by atoms with Gasteiger partial charge >= 0.3 is 0 Å². The molecule has 1 heterocycles. The third kappa shape index (κ3) is 1.54. The molecule has 0 fully saturated rings. The van der Waals surface area contributed by atoms with E-state index in [0.29, 0.717) is 16.5 Å². The minimum absolute atomic E-state index is 0.0341. The zero-order valence-electron chi connectivity index (χ0n) is 8.67. The maximum atomic E-state index is 13.3. The zero-order valence-corrected chi connectivity index (χ0v) is 8.67. The normalized spacial score (nSPS) is 11.2. The summed E-state index contributed by atoms with van der Waals surface area (Å²) in [6, 6.07) is 4.75. The van der Waals surface area contributed by atoms with Gasteiger partial charge in [-0.15, -0.1) is 0 Å². The monoisotopic (exact) mass is 205 g/mol. The Bertz CT molecular complexity index is 513. The van der Waals surface area contributed by atoms with Crippen LogP contribution in [0.3, 0.4) is 0 Å². The van der Waals surface area contributed by atoms with Crippen LogP contribution >= 0.6 is 0 Å². The Hall–Kier alpha value is -1.64. The van der Waals surface area contributed by atoms with Crippen LogP contribution in [0, 0.1) is 11.7 Å². The lowest BCUT2D eigenvalue weighted by atomic mass is 10.0. The van der Waals surface area contributed by atoms with Gasteiger partial charge < -0.3 is 4.98 Å². The molecule has 0 saturated carbocycles. The Kier molecular flexibility index (Phi) is 2.31. The van der Waals surface area contributed by atoms with E-state index < -0.39 is 0 Å². The van der Waals surface area contributed by atoms with Crippen LogP contribution in [0.1, 0.15) is 24.2 Å². The molecule has 15 heavy (non-hydrogen) atoms. The molecule has 0 amide bonds. The van der Waals surface area contributed by atoms with E-state index in [-0.39, 0.29) is 17.5 Å². The summed E-state index contributed by atoms with van der Waals surface area (Å²) >= 11 is 0. The molecule has 0 saturated heterocycles. The van der Waals surface area contributed by atoms with Crippen LogP contribution in [-0.2, 0) is 0 Å². The van der Waals surface area contributed by atoms with Crippen LogP contribution in [0.4, 0.5) is 4.39 Å². The number of H-pyrrole nitrogens is 1. The smallest absolute Gasteiger partial charge is 0.167 e. The number of Topliss-reactive ketones (excluding diaryl/α,β-unsaturated/α-hetero) is 1. The molecular formula is C12H12FNO. The predicted octanol–water partition coefficient (Wildman–Crippen LogP) is 3.15. The molecule has 0 atom stereocenters. The molecule has 2 aromatic rings. The minimum atomic E-state index is -0.324. The predicted molar refractivity (Wildman–Crippen MR) is 57.4 cm³/mol. The average molecular weight is 205 g/mol. The Morgan fingerprint density at radius 3 is 2.80 bits per heavy atom. The van der Waals surface area contributed by atoms with E-state index in [2.05, 4.69) is 4.98 Å². The fourth-order valence-electron chi connectivity index (χ4n) is 1.63. The molecule has 78 valence electrons. The maximum absolute atomic E-state index is 13.3. The second-order valence-corrected chi connectivity index (χ2v) is 3.88. The molecule has 0 bridgehead atoms. The van der Waals surface area contributed by atoms with Gasteiger partial charge in [-0.1, -0.05) is 26.0 Å². The molecule has 0 aliphatic rings. The number of hydrogen-bond acceptors (Lipinski definition) is 1. The van der Waals surface area contributed by atoms with Crippen LogP contribution in [0.2, 0.25) is 0 Å². The van der Waals surface area contributed by atoms with Crippen molar-refractivity contribution in [2.75, 3.05) is 0 Å². The van der Waals surface area contributed by atoms with Gasteiger partial charge in [-0.2, -0.15) is 0 Å². The van der Waals surface area contributed by atoms with Crippen molar-refractivity contribution in [1.29, 1.82) is 0 Å². The Morgan fingerprint density at radius 1 is 1.40 bits per heavy atom. The third-order valence-corrected chi connectivity index (χ3v) is 2.45. The summed E-state index contributed by atoms with van der Waals surface area (Å²) in [7, 11) is 0. The molecule has 0 radical (unpaired) electrons. The van der Waals surface area contributed by atoms with Gasteiger partial charge in [0, 0.05) is 23.1 Å². The Balaban J connectivity index is 2.64. The lowest BCUT2D eigenvalue weighted by molar-refractivity contribution is 0.0941. The van der Waals surface area contributed by atoms with Gasteiger partial charge in [-0.25, -0.2) is 4.39 Å². The van der Waals surface area contributed by atoms with E-state index in [1.165, 1.54) is 6.07 Å². The first-order chi connectivity index (χ1) is 7.11. The average Bonchev–Trinajstić information content (AvgIpc) is 2.61. The van der Waals surface area contributed by atoms with Crippen LogP contribution in [0.15, 0.2) is 24.4 Å². The number of aromatic nitrogens is 1. The van der Waals surface area contributed by atoms with E-state index in [9.17, 15) is 9.18 Å². The number of carbonyl (C=O) groups is 1. The van der Waals surface area contributed by atoms with E-state index in [4.69, 9.17) is 0 Å². The largest absolute Gasteiger partial charge is 0.358 e. The number of hydrogen-bond donors (Lipinski definition) is 1. The van der Waals surface area contributed by atoms with Crippen LogP contribution in [-0.4, -0.2) is 10.8 Å². The molecule has 0 spiro atoms. The van der Waals surface area contributed by atoms with E-state index in [1.54, 1.807) is 18.3 Å². The van der Waals surface area contributed by atoms with Crippen molar-refractivity contribution in [2.45, 2.75) is 13.8 Å². The maximum Gasteiger partial charge on any atom is 0.167 e. The number of para-hydroxylation sites is 1. The van der Waals surface area contributed by atoms with Crippen molar-refractivity contribution in [1.82, 2.24) is 4.98 Å². The van der Waals surface area contributed by atoms with Crippen LogP contribution in [0.5, 0.6) is 0 Å². The molecule has 2 rings (SSSR count). The van der Waals surface area contributed by atoms with E-state index in [1.807, 2.05) is 13.8 Å². The summed E-state index contributed by atoms with van der Waals surface area (Å²) < 4.78 is 13.3. The standard InChI is InChI=1S/C12H12FNO/c1-7(2)12(15)9-6-14-11-8(9)4-3-5-10(11)13/h3-7,14H,1-2H3. The first kappa shape index (κ1) is 9.90. The van der Waals surface area contributed by atoms with E-state index >= 15 is 0 Å². The van der Waals surface area contributed by atoms with Crippen molar-refractivity contribution in [3.05, 3.63) is 35.8 Å². The highest BCUT2D eigenvalue weighted by Crippen LogP contribution is 2.22. The third-order valence-electron chi connectivity index (χ3n) is 2.45. The highest BCUT2D eigenvalue weighted by Gasteiger charge is 2.16. The second-order valence-electron chi connectivity index (χ2n) is 3.88. The zero-order chi connectivity index (χ0) is 11.0. The van der Waals surface area contributed by atoms with Gasteiger partial charge in [-0.3, -0.25) is 4.79 Å². The number of nitrogens with one attached hydrogen (secondary N) is 1. The number of benzene rings is 1. The van der Waals surface area contributed by atoms with Gasteiger partial charge in [0.2, 0.25) is 0 Å². The fourth-order valence-corrected chi connectivity index (χ4v) is 1.63. The first-order valence-electron chi connectivity index (χ1n) is 4.91. The SMILES string of the molecule is CC(C)C(=O)c1c[nH]c2c(F)cccc12. The molecule has 3 heteroatoms. The van der Waals surface area contributed by atoms with Gasteiger partial charge in [0.1, 0.15) is 5.82 Å². The molecule has 0 unspecified atom stereocenters. The highest BCUT2D eigenvalue weighted by atomic mass is 19.1. The molecular weight excluding hydrogens is 193 g/mol. The van der Waals surface area contributed by atoms with Gasteiger partial charge in [0.05, 0.1) is 5.52 Å². The van der Waals surface area contributed by atoms with Gasteiger partial charge in [0.15, 0.2) is 5.78 Å². The highest BCUT2D eigenvalue weighted by molar-refractivity contribution is 6.08. The number of halogens is 1. The molecule has 1 aromatic heterocycles. The van der Waals surface area contributed by atoms with Crippen molar-refractivity contribution in [2.24, 2.45) is 5.92 Å². The molecule has 0 aliphatic carbocycles. The van der Waals surface area contributed by atoms with Crippen LogP contribution in [0.25, 0.3) is 10.9 Å². The Labute approximate surface area is 87.1 Å². The summed E-state index contributed by atoms with van der Waals surface area (Å²) in [5, 5.41) is 0.661. The summed E-state index contributed by atoms with van der Waals surface area (Å²) in [5.41, 5.74) is 0.973. The van der Waals surface area contributed by atoms with Crippen molar-refractivity contribution >= 4 is 16.7 Å². The summed E-state index contributed by atoms with van der Waals surface area (Å²) in [6.07, 6.45) is 1.58. The second kappa shape index (κ2) is 3.50. The lowest BCUT2D eigenvalue weighted by Crippen LogP contribution is -2.06. The quantitative estimate of drug-likeness (QED) is 0.750. The molecule has 0 aliphatic heterocycles. The number of aromatic amines is 1. The minimum Gasteiger partial charge on any atom is -0.358 e. The van der Waals surface area contributed by atoms with Gasteiger partial charge in [0.25, 0.3) is 0 Å². The topological polar surface area (TPSA) is 32.9 Å². The van der Waals surface area contributed by atoms with Crippen molar-refractivity contribution < 1.29 is 9.18 Å². The summed E-state index contributed by atoms with van der Waals surface area (Å²) in [4.78, 5) is 14.6. The van der Waals surface area contributed by atoms with Gasteiger partial charge in [-0.05, 0) is 6.07 Å². The number of fused-ring (bicyclic) bond motifs is 1. The number of ketones is 1. The first-order valence-corrected chi connectivity index (χ1v) is 4.91. The fraction of sp³-hybridized carbons (Fsp3) is 0.250. The van der Waals surface area contributed by atoms with Crippen LogP contribution < -0.4 is 0 Å². The number of carbonyl (C=O) groups excluding carboxylic acids is 1. The Morgan fingerprint density at radius 2 is 2.13 bits per heavy atom.